The average Bonchev–Trinajstić information content (AvgIpc) is 3.28. The van der Waals surface area contributed by atoms with Crippen LogP contribution < -0.4 is 10.5 Å². The van der Waals surface area contributed by atoms with Crippen molar-refractivity contribution in [1.82, 2.24) is 4.90 Å². The number of ether oxygens (including phenoxy) is 1. The van der Waals surface area contributed by atoms with E-state index >= 15 is 0 Å². The summed E-state index contributed by atoms with van der Waals surface area (Å²) in [5, 5.41) is 0. The van der Waals surface area contributed by atoms with Gasteiger partial charge in [0.2, 0.25) is 0 Å². The van der Waals surface area contributed by atoms with E-state index in [0.29, 0.717) is 0 Å². The van der Waals surface area contributed by atoms with Crippen molar-refractivity contribution < 1.29 is 4.74 Å². The van der Waals surface area contributed by atoms with Gasteiger partial charge in [0, 0.05) is 25.3 Å². The van der Waals surface area contributed by atoms with Gasteiger partial charge in [-0.05, 0) is 61.3 Å². The highest BCUT2D eigenvalue weighted by atomic mass is 16.5. The van der Waals surface area contributed by atoms with Crippen LogP contribution in [0.25, 0.3) is 0 Å². The number of methoxy groups -OCH3 is 1. The van der Waals surface area contributed by atoms with Gasteiger partial charge in [0.05, 0.1) is 7.11 Å². The second-order valence-electron chi connectivity index (χ2n) is 6.15. The zero-order valence-electron chi connectivity index (χ0n) is 11.8. The largest absolute Gasteiger partial charge is 0.497 e. The highest BCUT2D eigenvalue weighted by Crippen LogP contribution is 2.34. The first kappa shape index (κ1) is 12.8. The maximum absolute atomic E-state index is 6.10. The van der Waals surface area contributed by atoms with E-state index in [1.807, 2.05) is 12.1 Å². The minimum atomic E-state index is 0.886. The van der Waals surface area contributed by atoms with E-state index in [9.17, 15) is 0 Å². The second kappa shape index (κ2) is 5.41. The van der Waals surface area contributed by atoms with Crippen LogP contribution in [0.3, 0.4) is 0 Å². The molecule has 0 spiro atoms. The minimum absolute atomic E-state index is 0.886. The molecule has 0 bridgehead atoms. The van der Waals surface area contributed by atoms with Crippen molar-refractivity contribution in [2.75, 3.05) is 25.9 Å². The molecule has 19 heavy (non-hydrogen) atoms. The highest BCUT2D eigenvalue weighted by molar-refractivity contribution is 5.50. The lowest BCUT2D eigenvalue weighted by Gasteiger charge is -2.23. The maximum atomic E-state index is 6.10. The molecule has 2 aliphatic rings. The van der Waals surface area contributed by atoms with Crippen molar-refractivity contribution in [2.24, 2.45) is 11.8 Å². The van der Waals surface area contributed by atoms with Gasteiger partial charge in [-0.3, -0.25) is 4.90 Å². The van der Waals surface area contributed by atoms with Crippen LogP contribution in [0.4, 0.5) is 5.69 Å². The van der Waals surface area contributed by atoms with Crippen molar-refractivity contribution in [3.8, 4) is 5.75 Å². The molecule has 3 nitrogen and oxygen atoms in total. The number of nitrogens with zero attached hydrogens (tertiary/aromatic N) is 1. The Hall–Kier alpha value is -1.22. The second-order valence-corrected chi connectivity index (χ2v) is 6.15. The Labute approximate surface area is 115 Å². The molecule has 1 aromatic rings. The predicted octanol–water partition coefficient (Wildman–Crippen LogP) is 2.90. The van der Waals surface area contributed by atoms with Crippen molar-refractivity contribution in [3.63, 3.8) is 0 Å². The summed E-state index contributed by atoms with van der Waals surface area (Å²) in [6.45, 7) is 3.45. The van der Waals surface area contributed by atoms with E-state index in [-0.39, 0.29) is 0 Å². The van der Waals surface area contributed by atoms with Crippen LogP contribution in [-0.2, 0) is 6.54 Å². The first-order valence-corrected chi connectivity index (χ1v) is 7.39. The molecule has 104 valence electrons. The molecule has 0 radical (unpaired) electrons. The monoisotopic (exact) mass is 260 g/mol. The molecule has 0 aromatic heterocycles. The zero-order chi connectivity index (χ0) is 13.2. The zero-order valence-corrected chi connectivity index (χ0v) is 11.8. The van der Waals surface area contributed by atoms with E-state index in [1.165, 1.54) is 44.3 Å². The number of anilines is 1. The summed E-state index contributed by atoms with van der Waals surface area (Å²) < 4.78 is 5.30. The Kier molecular flexibility index (Phi) is 3.65. The molecule has 0 aliphatic heterocycles. The summed E-state index contributed by atoms with van der Waals surface area (Å²) in [4.78, 5) is 2.60. The normalized spacial score (nSPS) is 18.8. The number of benzene rings is 1. The van der Waals surface area contributed by atoms with E-state index in [0.717, 1.165) is 29.8 Å². The van der Waals surface area contributed by atoms with Gasteiger partial charge in [-0.25, -0.2) is 0 Å². The summed E-state index contributed by atoms with van der Waals surface area (Å²) >= 11 is 0. The van der Waals surface area contributed by atoms with Gasteiger partial charge in [-0.15, -0.1) is 0 Å². The Morgan fingerprint density at radius 1 is 1.16 bits per heavy atom. The fourth-order valence-electron chi connectivity index (χ4n) is 2.62. The van der Waals surface area contributed by atoms with Gasteiger partial charge in [-0.2, -0.15) is 0 Å². The summed E-state index contributed by atoms with van der Waals surface area (Å²) in [5.41, 5.74) is 8.20. The minimum Gasteiger partial charge on any atom is -0.497 e. The number of nitrogen functional groups attached to an aromatic ring is 1. The van der Waals surface area contributed by atoms with Crippen molar-refractivity contribution in [3.05, 3.63) is 23.8 Å². The van der Waals surface area contributed by atoms with Crippen LogP contribution in [0.15, 0.2) is 18.2 Å². The van der Waals surface area contributed by atoms with Gasteiger partial charge < -0.3 is 10.5 Å². The van der Waals surface area contributed by atoms with Crippen LogP contribution in [0.5, 0.6) is 5.75 Å². The molecule has 1 aromatic carbocycles. The smallest absolute Gasteiger partial charge is 0.119 e. The first-order valence-electron chi connectivity index (χ1n) is 7.39. The standard InChI is InChI=1S/C16H24N2O/c1-19-15-6-7-16(17)14(8-15)11-18(9-12-2-3-12)10-13-4-5-13/h6-8,12-13H,2-5,9-11,17H2,1H3. The van der Waals surface area contributed by atoms with Gasteiger partial charge in [0.15, 0.2) is 0 Å². The van der Waals surface area contributed by atoms with Gasteiger partial charge >= 0.3 is 0 Å². The predicted molar refractivity (Wildman–Crippen MR) is 78.1 cm³/mol. The number of rotatable bonds is 7. The fourth-order valence-corrected chi connectivity index (χ4v) is 2.62. The lowest BCUT2D eigenvalue weighted by Crippen LogP contribution is -2.28. The molecule has 3 heteroatoms. The molecular weight excluding hydrogens is 236 g/mol. The Balaban J connectivity index is 1.67. The summed E-state index contributed by atoms with van der Waals surface area (Å²) in [5.74, 6) is 2.78. The number of nitrogens with two attached hydrogens (primary N) is 1. The molecule has 0 heterocycles. The van der Waals surface area contributed by atoms with Gasteiger partial charge in [0.1, 0.15) is 5.75 Å². The third kappa shape index (κ3) is 3.63. The summed E-state index contributed by atoms with van der Waals surface area (Å²) in [6.07, 6.45) is 5.65. The molecule has 0 atom stereocenters. The van der Waals surface area contributed by atoms with Gasteiger partial charge in [-0.1, -0.05) is 0 Å². The topological polar surface area (TPSA) is 38.5 Å². The summed E-state index contributed by atoms with van der Waals surface area (Å²) in [7, 11) is 1.71. The maximum Gasteiger partial charge on any atom is 0.119 e. The van der Waals surface area contributed by atoms with Crippen molar-refractivity contribution >= 4 is 5.69 Å². The Morgan fingerprint density at radius 3 is 2.32 bits per heavy atom. The molecule has 0 saturated heterocycles. The Morgan fingerprint density at radius 2 is 1.79 bits per heavy atom. The van der Waals surface area contributed by atoms with Crippen molar-refractivity contribution in [1.29, 1.82) is 0 Å². The third-order valence-electron chi connectivity index (χ3n) is 4.17. The number of hydrogen-bond donors (Lipinski definition) is 1. The number of hydrogen-bond acceptors (Lipinski definition) is 3. The quantitative estimate of drug-likeness (QED) is 0.766. The van der Waals surface area contributed by atoms with E-state index < -0.39 is 0 Å². The molecule has 2 fully saturated rings. The van der Waals surface area contributed by atoms with E-state index in [2.05, 4.69) is 11.0 Å². The van der Waals surface area contributed by atoms with Crippen LogP contribution in [0, 0.1) is 11.8 Å². The van der Waals surface area contributed by atoms with E-state index in [4.69, 9.17) is 10.5 Å². The highest BCUT2D eigenvalue weighted by Gasteiger charge is 2.29. The molecule has 2 saturated carbocycles. The third-order valence-corrected chi connectivity index (χ3v) is 4.17. The van der Waals surface area contributed by atoms with Crippen molar-refractivity contribution in [2.45, 2.75) is 32.2 Å². The van der Waals surface area contributed by atoms with Crippen LogP contribution in [0.2, 0.25) is 0 Å². The van der Waals surface area contributed by atoms with Crippen LogP contribution in [-0.4, -0.2) is 25.1 Å². The molecular formula is C16H24N2O. The Bertz CT molecular complexity index is 424. The average molecular weight is 260 g/mol. The lowest BCUT2D eigenvalue weighted by molar-refractivity contribution is 0.244. The SMILES string of the molecule is COc1ccc(N)c(CN(CC2CC2)CC2CC2)c1. The molecule has 2 aliphatic carbocycles. The van der Waals surface area contributed by atoms with Gasteiger partial charge in [0.25, 0.3) is 0 Å². The van der Waals surface area contributed by atoms with Crippen LogP contribution in [0.1, 0.15) is 31.2 Å². The first-order chi connectivity index (χ1) is 9.24. The summed E-state index contributed by atoms with van der Waals surface area (Å²) in [6, 6.07) is 5.98. The lowest BCUT2D eigenvalue weighted by atomic mass is 10.1. The molecule has 0 unspecified atom stereocenters. The van der Waals surface area contributed by atoms with E-state index in [1.54, 1.807) is 7.11 Å². The molecule has 3 rings (SSSR count). The van der Waals surface area contributed by atoms with Crippen LogP contribution >= 0.6 is 0 Å². The molecule has 2 N–H and O–H groups in total. The fraction of sp³-hybridized carbons (Fsp3) is 0.625. The molecule has 0 amide bonds.